The van der Waals surface area contributed by atoms with Gasteiger partial charge in [-0.25, -0.2) is 19.9 Å². The minimum absolute atomic E-state index is 0.517. The van der Waals surface area contributed by atoms with Gasteiger partial charge in [0.2, 0.25) is 0 Å². The second kappa shape index (κ2) is 8.81. The summed E-state index contributed by atoms with van der Waals surface area (Å²) >= 11 is 0. The Labute approximate surface area is 213 Å². The molecule has 0 amide bonds. The van der Waals surface area contributed by atoms with E-state index in [0.717, 1.165) is 44.2 Å². The second-order valence-corrected chi connectivity index (χ2v) is 8.78. The van der Waals surface area contributed by atoms with Crippen molar-refractivity contribution in [3.63, 3.8) is 0 Å². The molecule has 7 rings (SSSR count). The zero-order chi connectivity index (χ0) is 24.6. The zero-order valence-electron chi connectivity index (χ0n) is 19.7. The van der Waals surface area contributed by atoms with Gasteiger partial charge in [-0.1, -0.05) is 97.1 Å². The van der Waals surface area contributed by atoms with Crippen molar-refractivity contribution in [1.29, 1.82) is 0 Å². The number of aromatic nitrogens is 4. The molecule has 0 unspecified atom stereocenters. The second-order valence-electron chi connectivity index (χ2n) is 8.78. The first-order valence-corrected chi connectivity index (χ1v) is 12.1. The van der Waals surface area contributed by atoms with E-state index in [4.69, 9.17) is 19.4 Å². The molecule has 7 aromatic rings. The van der Waals surface area contributed by atoms with Gasteiger partial charge in [0.1, 0.15) is 11.3 Å². The van der Waals surface area contributed by atoms with Crippen LogP contribution in [0.2, 0.25) is 0 Å². The fraction of sp³-hybridized carbons (Fsp3) is 0. The van der Waals surface area contributed by atoms with Crippen molar-refractivity contribution in [2.24, 2.45) is 0 Å². The number of rotatable bonds is 4. The molecule has 0 spiro atoms. The van der Waals surface area contributed by atoms with Crippen LogP contribution >= 0.6 is 0 Å². The lowest BCUT2D eigenvalue weighted by Crippen LogP contribution is -2.01. The molecule has 0 saturated heterocycles. The predicted molar refractivity (Wildman–Crippen MR) is 147 cm³/mol. The summed E-state index contributed by atoms with van der Waals surface area (Å²) in [6.07, 6.45) is 1.75. The summed E-state index contributed by atoms with van der Waals surface area (Å²) in [4.78, 5) is 19.1. The summed E-state index contributed by atoms with van der Waals surface area (Å²) < 4.78 is 6.10. The summed E-state index contributed by atoms with van der Waals surface area (Å²) in [5, 5.41) is 2.00. The molecule has 3 aromatic heterocycles. The molecule has 5 heteroatoms. The van der Waals surface area contributed by atoms with E-state index < -0.39 is 0 Å². The highest BCUT2D eigenvalue weighted by Gasteiger charge is 2.16. The lowest BCUT2D eigenvalue weighted by Gasteiger charge is -2.08. The van der Waals surface area contributed by atoms with Crippen LogP contribution < -0.4 is 0 Å². The zero-order valence-corrected chi connectivity index (χ0v) is 19.7. The highest BCUT2D eigenvalue weighted by atomic mass is 16.3. The normalized spacial score (nSPS) is 11.2. The SMILES string of the molecule is c1ccc(-c2ccc3oc4cnc(-c5nc(-c6ccccc6)nc(-c6ccccc6)n5)cc4c3c2)cc1. The van der Waals surface area contributed by atoms with E-state index in [9.17, 15) is 0 Å². The van der Waals surface area contributed by atoms with Gasteiger partial charge < -0.3 is 4.42 Å². The predicted octanol–water partition coefficient (Wildman–Crippen LogP) is 7.83. The molecule has 0 aliphatic carbocycles. The molecule has 0 aliphatic rings. The Hall–Kier alpha value is -5.16. The van der Waals surface area contributed by atoms with Crippen molar-refractivity contribution in [1.82, 2.24) is 19.9 Å². The standard InChI is InChI=1S/C32H20N4O/c1-4-10-21(11-5-1)24-16-17-28-25(18-24)26-19-27(33-20-29(26)37-28)32-35-30(22-12-6-2-7-13-22)34-31(36-32)23-14-8-3-9-15-23/h1-20H. The fourth-order valence-corrected chi connectivity index (χ4v) is 4.54. The molecule has 5 nitrogen and oxygen atoms in total. The monoisotopic (exact) mass is 476 g/mol. The van der Waals surface area contributed by atoms with E-state index >= 15 is 0 Å². The molecule has 174 valence electrons. The third-order valence-corrected chi connectivity index (χ3v) is 6.39. The Bertz CT molecular complexity index is 1810. The number of furan rings is 1. The summed E-state index contributed by atoms with van der Waals surface area (Å²) in [5.41, 5.74) is 6.34. The van der Waals surface area contributed by atoms with Gasteiger partial charge >= 0.3 is 0 Å². The minimum atomic E-state index is 0.517. The van der Waals surface area contributed by atoms with Crippen molar-refractivity contribution >= 4 is 21.9 Å². The summed E-state index contributed by atoms with van der Waals surface area (Å²) in [7, 11) is 0. The minimum Gasteiger partial charge on any atom is -0.454 e. The van der Waals surface area contributed by atoms with E-state index in [-0.39, 0.29) is 0 Å². The van der Waals surface area contributed by atoms with Crippen molar-refractivity contribution in [2.45, 2.75) is 0 Å². The number of hydrogen-bond donors (Lipinski definition) is 0. The molecular formula is C32H20N4O. The van der Waals surface area contributed by atoms with Crippen LogP contribution in [0.25, 0.3) is 67.4 Å². The highest BCUT2D eigenvalue weighted by Crippen LogP contribution is 2.34. The topological polar surface area (TPSA) is 64.7 Å². The quantitative estimate of drug-likeness (QED) is 0.259. The molecule has 0 aliphatic heterocycles. The van der Waals surface area contributed by atoms with Crippen LogP contribution in [0.3, 0.4) is 0 Å². The Morgan fingerprint density at radius 2 is 0.973 bits per heavy atom. The largest absolute Gasteiger partial charge is 0.454 e. The van der Waals surface area contributed by atoms with E-state index in [1.807, 2.05) is 91.0 Å². The lowest BCUT2D eigenvalue weighted by molar-refractivity contribution is 0.667. The van der Waals surface area contributed by atoms with Crippen LogP contribution in [0.15, 0.2) is 126 Å². The van der Waals surface area contributed by atoms with Crippen LogP contribution in [-0.2, 0) is 0 Å². The Morgan fingerprint density at radius 3 is 1.59 bits per heavy atom. The van der Waals surface area contributed by atoms with Gasteiger partial charge in [-0.15, -0.1) is 0 Å². The van der Waals surface area contributed by atoms with Gasteiger partial charge in [-0.3, -0.25) is 0 Å². The number of pyridine rings is 1. The van der Waals surface area contributed by atoms with E-state index in [1.54, 1.807) is 6.20 Å². The third kappa shape index (κ3) is 3.93. The first kappa shape index (κ1) is 21.1. The molecule has 0 radical (unpaired) electrons. The van der Waals surface area contributed by atoms with Gasteiger partial charge in [-0.05, 0) is 29.3 Å². The molecule has 0 N–H and O–H groups in total. The van der Waals surface area contributed by atoms with Crippen LogP contribution in [0.1, 0.15) is 0 Å². The van der Waals surface area contributed by atoms with Crippen molar-refractivity contribution in [3.05, 3.63) is 121 Å². The fourth-order valence-electron chi connectivity index (χ4n) is 4.54. The van der Waals surface area contributed by atoms with E-state index in [2.05, 4.69) is 29.2 Å². The van der Waals surface area contributed by atoms with Crippen LogP contribution in [0, 0.1) is 0 Å². The molecule has 0 fully saturated rings. The highest BCUT2D eigenvalue weighted by molar-refractivity contribution is 6.07. The summed E-state index contributed by atoms with van der Waals surface area (Å²) in [6.45, 7) is 0. The van der Waals surface area contributed by atoms with Gasteiger partial charge in [0.25, 0.3) is 0 Å². The molecule has 0 atom stereocenters. The molecule has 37 heavy (non-hydrogen) atoms. The van der Waals surface area contributed by atoms with Gasteiger partial charge in [0.15, 0.2) is 23.1 Å². The Kier molecular flexibility index (Phi) is 5.03. The number of nitrogens with zero attached hydrogens (tertiary/aromatic N) is 4. The van der Waals surface area contributed by atoms with Gasteiger partial charge in [0.05, 0.1) is 6.20 Å². The van der Waals surface area contributed by atoms with Gasteiger partial charge in [0, 0.05) is 21.9 Å². The van der Waals surface area contributed by atoms with Crippen molar-refractivity contribution < 1.29 is 4.42 Å². The van der Waals surface area contributed by atoms with Crippen LogP contribution in [-0.4, -0.2) is 19.9 Å². The van der Waals surface area contributed by atoms with Crippen molar-refractivity contribution in [2.75, 3.05) is 0 Å². The molecule has 0 bridgehead atoms. The maximum atomic E-state index is 6.10. The van der Waals surface area contributed by atoms with E-state index in [1.165, 1.54) is 0 Å². The van der Waals surface area contributed by atoms with Crippen LogP contribution in [0.5, 0.6) is 0 Å². The average molecular weight is 477 g/mol. The van der Waals surface area contributed by atoms with Gasteiger partial charge in [-0.2, -0.15) is 0 Å². The lowest BCUT2D eigenvalue weighted by atomic mass is 10.0. The first-order chi connectivity index (χ1) is 18.3. The van der Waals surface area contributed by atoms with Crippen molar-refractivity contribution in [3.8, 4) is 45.4 Å². The first-order valence-electron chi connectivity index (χ1n) is 12.1. The third-order valence-electron chi connectivity index (χ3n) is 6.39. The Morgan fingerprint density at radius 1 is 0.432 bits per heavy atom. The maximum Gasteiger partial charge on any atom is 0.182 e. The average Bonchev–Trinajstić information content (AvgIpc) is 3.35. The number of benzene rings is 4. The number of fused-ring (bicyclic) bond motifs is 3. The number of hydrogen-bond acceptors (Lipinski definition) is 5. The molecule has 4 aromatic carbocycles. The summed E-state index contributed by atoms with van der Waals surface area (Å²) in [5.74, 6) is 1.73. The smallest absolute Gasteiger partial charge is 0.182 e. The maximum absolute atomic E-state index is 6.10. The van der Waals surface area contributed by atoms with Crippen LogP contribution in [0.4, 0.5) is 0 Å². The molecular weight excluding hydrogens is 456 g/mol. The van der Waals surface area contributed by atoms with E-state index in [0.29, 0.717) is 23.2 Å². The molecule has 0 saturated carbocycles. The summed E-state index contributed by atoms with van der Waals surface area (Å²) in [6, 6.07) is 38.5. The molecule has 3 heterocycles. The Balaban J connectivity index is 1.41.